The molecule has 0 fully saturated rings. The standard InChI is InChI=1S/C9H10N2S2/c1-6(2-4-10)8-7(9(12)13)3-5-11-8/h3,5-6,11H,2H2,1H3,(H,12,13). The molecule has 0 aliphatic rings. The van der Waals surface area contributed by atoms with Crippen LogP contribution in [0.2, 0.25) is 0 Å². The number of thiocarbonyl (C=S) groups is 1. The number of rotatable bonds is 3. The van der Waals surface area contributed by atoms with E-state index in [9.17, 15) is 0 Å². The van der Waals surface area contributed by atoms with Crippen molar-refractivity contribution in [1.82, 2.24) is 4.98 Å². The van der Waals surface area contributed by atoms with Crippen molar-refractivity contribution >= 4 is 29.0 Å². The molecule has 0 amide bonds. The van der Waals surface area contributed by atoms with Crippen molar-refractivity contribution in [2.45, 2.75) is 19.3 Å². The number of nitrogens with zero attached hydrogens (tertiary/aromatic N) is 1. The first-order valence-electron chi connectivity index (χ1n) is 3.94. The molecular weight excluding hydrogens is 200 g/mol. The summed E-state index contributed by atoms with van der Waals surface area (Å²) in [7, 11) is 0. The van der Waals surface area contributed by atoms with Gasteiger partial charge in [-0.2, -0.15) is 5.26 Å². The maximum atomic E-state index is 8.55. The molecule has 0 aliphatic heterocycles. The van der Waals surface area contributed by atoms with E-state index in [1.54, 1.807) is 0 Å². The molecule has 1 N–H and O–H groups in total. The van der Waals surface area contributed by atoms with Crippen molar-refractivity contribution in [2.24, 2.45) is 0 Å². The van der Waals surface area contributed by atoms with Crippen LogP contribution >= 0.6 is 24.8 Å². The van der Waals surface area contributed by atoms with Crippen LogP contribution in [0.1, 0.15) is 30.5 Å². The maximum absolute atomic E-state index is 8.55. The van der Waals surface area contributed by atoms with E-state index in [4.69, 9.17) is 17.5 Å². The highest BCUT2D eigenvalue weighted by atomic mass is 32.1. The first kappa shape index (κ1) is 10.3. The summed E-state index contributed by atoms with van der Waals surface area (Å²) in [5.74, 6) is 0.181. The highest BCUT2D eigenvalue weighted by Crippen LogP contribution is 2.22. The average molecular weight is 210 g/mol. The van der Waals surface area contributed by atoms with Gasteiger partial charge in [-0.15, -0.1) is 12.6 Å². The number of H-pyrrole nitrogens is 1. The van der Waals surface area contributed by atoms with Gasteiger partial charge in [0.05, 0.1) is 10.3 Å². The molecule has 1 atom stereocenters. The van der Waals surface area contributed by atoms with Gasteiger partial charge in [-0.05, 0) is 6.07 Å². The molecule has 0 aromatic carbocycles. The third-order valence-corrected chi connectivity index (χ3v) is 2.36. The number of aromatic nitrogens is 1. The zero-order valence-corrected chi connectivity index (χ0v) is 8.95. The third kappa shape index (κ3) is 2.33. The summed E-state index contributed by atoms with van der Waals surface area (Å²) in [5, 5.41) is 8.55. The number of aromatic amines is 1. The van der Waals surface area contributed by atoms with Gasteiger partial charge in [0, 0.05) is 29.8 Å². The maximum Gasteiger partial charge on any atom is 0.0765 e. The van der Waals surface area contributed by atoms with Gasteiger partial charge in [-0.25, -0.2) is 0 Å². The number of nitrogens with one attached hydrogen (secondary N) is 1. The van der Waals surface area contributed by atoms with Crippen molar-refractivity contribution in [3.8, 4) is 6.07 Å². The van der Waals surface area contributed by atoms with Crippen molar-refractivity contribution in [1.29, 1.82) is 5.26 Å². The lowest BCUT2D eigenvalue weighted by Gasteiger charge is -2.07. The van der Waals surface area contributed by atoms with E-state index in [-0.39, 0.29) is 5.92 Å². The molecule has 68 valence electrons. The Labute approximate surface area is 88.4 Å². The second-order valence-corrected chi connectivity index (χ2v) is 4.03. The van der Waals surface area contributed by atoms with E-state index in [0.29, 0.717) is 10.6 Å². The fraction of sp³-hybridized carbons (Fsp3) is 0.333. The summed E-state index contributed by atoms with van der Waals surface area (Å²) in [5.41, 5.74) is 1.93. The molecule has 13 heavy (non-hydrogen) atoms. The lowest BCUT2D eigenvalue weighted by molar-refractivity contribution is 0.763. The van der Waals surface area contributed by atoms with E-state index >= 15 is 0 Å². The van der Waals surface area contributed by atoms with Crippen molar-refractivity contribution < 1.29 is 0 Å². The predicted molar refractivity (Wildman–Crippen MR) is 60.1 cm³/mol. The second-order valence-electron chi connectivity index (χ2n) is 2.87. The van der Waals surface area contributed by atoms with Crippen LogP contribution in [-0.4, -0.2) is 9.18 Å². The topological polar surface area (TPSA) is 39.6 Å². The summed E-state index contributed by atoms with van der Waals surface area (Å²) < 4.78 is 0.570. The number of hydrogen-bond donors (Lipinski definition) is 2. The Bertz CT molecular complexity index is 349. The van der Waals surface area contributed by atoms with Gasteiger partial charge >= 0.3 is 0 Å². The molecule has 1 heterocycles. The van der Waals surface area contributed by atoms with Crippen LogP contribution in [0.4, 0.5) is 0 Å². The van der Waals surface area contributed by atoms with Gasteiger partial charge in [-0.1, -0.05) is 19.1 Å². The normalized spacial score (nSPS) is 12.1. The highest BCUT2D eigenvalue weighted by molar-refractivity contribution is 8.11. The molecule has 2 nitrogen and oxygen atoms in total. The zero-order valence-electron chi connectivity index (χ0n) is 7.24. The van der Waals surface area contributed by atoms with E-state index in [2.05, 4.69) is 23.7 Å². The quantitative estimate of drug-likeness (QED) is 0.594. The molecule has 0 spiro atoms. The van der Waals surface area contributed by atoms with Crippen LogP contribution in [0.5, 0.6) is 0 Å². The Balaban J connectivity index is 2.94. The molecule has 1 unspecified atom stereocenters. The molecule has 4 heteroatoms. The fourth-order valence-electron chi connectivity index (χ4n) is 1.22. The van der Waals surface area contributed by atoms with Crippen LogP contribution < -0.4 is 0 Å². The Hall–Kier alpha value is -0.790. The Morgan fingerprint density at radius 2 is 2.54 bits per heavy atom. The summed E-state index contributed by atoms with van der Waals surface area (Å²) in [6.07, 6.45) is 2.31. The van der Waals surface area contributed by atoms with Gasteiger partial charge in [-0.3, -0.25) is 0 Å². The molecular formula is C9H10N2S2. The Kier molecular flexibility index (Phi) is 3.52. The first-order chi connectivity index (χ1) is 6.16. The van der Waals surface area contributed by atoms with Crippen molar-refractivity contribution in [3.63, 3.8) is 0 Å². The number of hydrogen-bond acceptors (Lipinski definition) is 2. The Morgan fingerprint density at radius 1 is 1.85 bits per heavy atom. The Morgan fingerprint density at radius 3 is 3.08 bits per heavy atom. The van der Waals surface area contributed by atoms with E-state index in [1.165, 1.54) is 0 Å². The number of thiol groups is 1. The minimum absolute atomic E-state index is 0.181. The van der Waals surface area contributed by atoms with E-state index in [1.807, 2.05) is 19.2 Å². The fourth-order valence-corrected chi connectivity index (χ4v) is 1.59. The minimum Gasteiger partial charge on any atom is -0.364 e. The van der Waals surface area contributed by atoms with Gasteiger partial charge in [0.15, 0.2) is 0 Å². The highest BCUT2D eigenvalue weighted by Gasteiger charge is 2.12. The molecule has 0 aliphatic carbocycles. The summed E-state index contributed by atoms with van der Waals surface area (Å²) in [6.45, 7) is 1.99. The minimum atomic E-state index is 0.181. The van der Waals surface area contributed by atoms with Crippen LogP contribution in [0.3, 0.4) is 0 Å². The van der Waals surface area contributed by atoms with Crippen molar-refractivity contribution in [2.75, 3.05) is 0 Å². The van der Waals surface area contributed by atoms with Crippen LogP contribution in [0.15, 0.2) is 12.3 Å². The first-order valence-corrected chi connectivity index (χ1v) is 4.80. The van der Waals surface area contributed by atoms with Crippen molar-refractivity contribution in [3.05, 3.63) is 23.5 Å². The van der Waals surface area contributed by atoms with E-state index in [0.717, 1.165) is 11.3 Å². The van der Waals surface area contributed by atoms with Gasteiger partial charge < -0.3 is 4.98 Å². The van der Waals surface area contributed by atoms with Crippen LogP contribution in [0.25, 0.3) is 0 Å². The molecule has 0 bridgehead atoms. The molecule has 1 rings (SSSR count). The van der Waals surface area contributed by atoms with E-state index < -0.39 is 0 Å². The largest absolute Gasteiger partial charge is 0.364 e. The summed E-state index contributed by atoms with van der Waals surface area (Å²) in [4.78, 5) is 3.08. The van der Waals surface area contributed by atoms with Gasteiger partial charge in [0.25, 0.3) is 0 Å². The SMILES string of the molecule is CC(CC#N)c1[nH]ccc1C(=S)S. The molecule has 1 aromatic heterocycles. The van der Waals surface area contributed by atoms with Gasteiger partial charge in [0.1, 0.15) is 0 Å². The molecule has 1 aromatic rings. The second kappa shape index (κ2) is 4.45. The molecule has 0 saturated carbocycles. The zero-order chi connectivity index (χ0) is 9.84. The predicted octanol–water partition coefficient (Wildman–Crippen LogP) is 2.64. The van der Waals surface area contributed by atoms with Crippen LogP contribution in [-0.2, 0) is 0 Å². The number of nitriles is 1. The van der Waals surface area contributed by atoms with Crippen LogP contribution in [0, 0.1) is 11.3 Å². The molecule has 0 saturated heterocycles. The average Bonchev–Trinajstić information content (AvgIpc) is 2.52. The summed E-state index contributed by atoms with van der Waals surface area (Å²) in [6, 6.07) is 4.02. The lowest BCUT2D eigenvalue weighted by atomic mass is 10.0. The smallest absolute Gasteiger partial charge is 0.0765 e. The molecule has 0 radical (unpaired) electrons. The summed E-state index contributed by atoms with van der Waals surface area (Å²) >= 11 is 9.08. The third-order valence-electron chi connectivity index (χ3n) is 1.90. The lowest BCUT2D eigenvalue weighted by Crippen LogP contribution is -1.99. The van der Waals surface area contributed by atoms with Gasteiger partial charge in [0.2, 0.25) is 0 Å². The monoisotopic (exact) mass is 210 g/mol.